The summed E-state index contributed by atoms with van der Waals surface area (Å²) in [6.07, 6.45) is 2.40. The van der Waals surface area contributed by atoms with E-state index < -0.39 is 0 Å². The fourth-order valence-corrected chi connectivity index (χ4v) is 3.64. The van der Waals surface area contributed by atoms with Crippen LogP contribution in [0.3, 0.4) is 0 Å². The number of nitrogens with zero attached hydrogens (tertiary/aromatic N) is 3. The molecule has 2 aromatic rings. The van der Waals surface area contributed by atoms with E-state index in [4.69, 9.17) is 0 Å². The normalized spacial score (nSPS) is 15.2. The SMILES string of the molecule is CCCC(C)N1Cc2cccc(NC(=O)Cn3nc(C)cc3C)c2C1. The second kappa shape index (κ2) is 7.40. The minimum Gasteiger partial charge on any atom is -0.324 e. The molecule has 5 heteroatoms. The molecule has 1 atom stereocenters. The molecule has 1 aromatic carbocycles. The van der Waals surface area contributed by atoms with Crippen LogP contribution in [0.1, 0.15) is 49.2 Å². The molecule has 25 heavy (non-hydrogen) atoms. The van der Waals surface area contributed by atoms with E-state index >= 15 is 0 Å². The Balaban J connectivity index is 1.70. The van der Waals surface area contributed by atoms with Crippen LogP contribution in [0, 0.1) is 13.8 Å². The number of amides is 1. The molecular weight excluding hydrogens is 312 g/mol. The Hall–Kier alpha value is -2.14. The highest BCUT2D eigenvalue weighted by Gasteiger charge is 2.25. The van der Waals surface area contributed by atoms with Gasteiger partial charge >= 0.3 is 0 Å². The molecule has 0 bridgehead atoms. The smallest absolute Gasteiger partial charge is 0.246 e. The maximum absolute atomic E-state index is 12.5. The van der Waals surface area contributed by atoms with Gasteiger partial charge in [0.1, 0.15) is 6.54 Å². The Kier molecular flexibility index (Phi) is 5.23. The third-order valence-corrected chi connectivity index (χ3v) is 5.01. The van der Waals surface area contributed by atoms with E-state index in [0.717, 1.165) is 30.2 Å². The van der Waals surface area contributed by atoms with Gasteiger partial charge < -0.3 is 5.32 Å². The lowest BCUT2D eigenvalue weighted by atomic mass is 10.1. The third-order valence-electron chi connectivity index (χ3n) is 5.01. The molecule has 1 aliphatic heterocycles. The van der Waals surface area contributed by atoms with E-state index in [1.165, 1.54) is 24.0 Å². The standard InChI is InChI=1S/C20H28N4O/c1-5-7-15(3)23-11-17-8-6-9-19(18(17)12-23)21-20(25)13-24-16(4)10-14(2)22-24/h6,8-10,15H,5,7,11-13H2,1-4H3,(H,21,25). The molecule has 0 saturated heterocycles. The molecule has 0 radical (unpaired) electrons. The number of nitrogens with one attached hydrogen (secondary N) is 1. The number of hydrogen-bond donors (Lipinski definition) is 1. The van der Waals surface area contributed by atoms with Gasteiger partial charge in [-0.25, -0.2) is 0 Å². The number of carbonyl (C=O) groups excluding carboxylic acids is 1. The summed E-state index contributed by atoms with van der Waals surface area (Å²) in [7, 11) is 0. The largest absolute Gasteiger partial charge is 0.324 e. The van der Waals surface area contributed by atoms with Crippen molar-refractivity contribution in [2.75, 3.05) is 5.32 Å². The topological polar surface area (TPSA) is 50.2 Å². The van der Waals surface area contributed by atoms with Gasteiger partial charge in [0.05, 0.1) is 5.69 Å². The third kappa shape index (κ3) is 3.93. The summed E-state index contributed by atoms with van der Waals surface area (Å²) in [6.45, 7) is 10.6. The van der Waals surface area contributed by atoms with Crippen LogP contribution >= 0.6 is 0 Å². The maximum atomic E-state index is 12.5. The number of aryl methyl sites for hydroxylation is 2. The lowest BCUT2D eigenvalue weighted by Gasteiger charge is -2.23. The summed E-state index contributed by atoms with van der Waals surface area (Å²) in [6, 6.07) is 8.76. The van der Waals surface area contributed by atoms with Gasteiger partial charge in [-0.3, -0.25) is 14.4 Å². The van der Waals surface area contributed by atoms with Gasteiger partial charge in [-0.15, -0.1) is 0 Å². The van der Waals surface area contributed by atoms with E-state index in [2.05, 4.69) is 35.2 Å². The molecule has 1 amide bonds. The summed E-state index contributed by atoms with van der Waals surface area (Å²) in [5, 5.41) is 7.46. The molecular formula is C20H28N4O. The summed E-state index contributed by atoms with van der Waals surface area (Å²) in [5.41, 5.74) is 5.46. The number of anilines is 1. The predicted molar refractivity (Wildman–Crippen MR) is 100 cm³/mol. The first-order chi connectivity index (χ1) is 12.0. The molecule has 1 unspecified atom stereocenters. The first kappa shape index (κ1) is 17.7. The molecule has 0 saturated carbocycles. The monoisotopic (exact) mass is 340 g/mol. The highest BCUT2D eigenvalue weighted by atomic mass is 16.2. The van der Waals surface area contributed by atoms with Crippen molar-refractivity contribution in [2.24, 2.45) is 0 Å². The predicted octanol–water partition coefficient (Wildman–Crippen LogP) is 3.64. The minimum absolute atomic E-state index is 0.0281. The maximum Gasteiger partial charge on any atom is 0.246 e. The summed E-state index contributed by atoms with van der Waals surface area (Å²) in [5.74, 6) is -0.0281. The molecule has 1 aliphatic rings. The average molecular weight is 340 g/mol. The van der Waals surface area contributed by atoms with Crippen LogP contribution in [0.25, 0.3) is 0 Å². The first-order valence-corrected chi connectivity index (χ1v) is 9.13. The van der Waals surface area contributed by atoms with Crippen LogP contribution in [0.4, 0.5) is 5.69 Å². The van der Waals surface area contributed by atoms with E-state index in [0.29, 0.717) is 6.04 Å². The molecule has 3 rings (SSSR count). The zero-order valence-electron chi connectivity index (χ0n) is 15.7. The van der Waals surface area contributed by atoms with Crippen LogP contribution in [-0.4, -0.2) is 26.6 Å². The number of aromatic nitrogens is 2. The van der Waals surface area contributed by atoms with Crippen molar-refractivity contribution in [2.45, 2.75) is 66.2 Å². The second-order valence-corrected chi connectivity index (χ2v) is 7.12. The van der Waals surface area contributed by atoms with Gasteiger partial charge in [-0.1, -0.05) is 25.5 Å². The molecule has 0 aliphatic carbocycles. The highest BCUT2D eigenvalue weighted by Crippen LogP contribution is 2.31. The minimum atomic E-state index is -0.0281. The fraction of sp³-hybridized carbons (Fsp3) is 0.500. The van der Waals surface area contributed by atoms with Gasteiger partial charge in [0.25, 0.3) is 0 Å². The van der Waals surface area contributed by atoms with Gasteiger partial charge in [0, 0.05) is 30.5 Å². The van der Waals surface area contributed by atoms with E-state index in [1.54, 1.807) is 4.68 Å². The molecule has 2 heterocycles. The summed E-state index contributed by atoms with van der Waals surface area (Å²) < 4.78 is 1.75. The van der Waals surface area contributed by atoms with Crippen LogP contribution in [-0.2, 0) is 24.4 Å². The van der Waals surface area contributed by atoms with Gasteiger partial charge in [-0.05, 0) is 50.5 Å². The molecule has 1 N–H and O–H groups in total. The zero-order valence-corrected chi connectivity index (χ0v) is 15.7. The Bertz CT molecular complexity index is 765. The summed E-state index contributed by atoms with van der Waals surface area (Å²) in [4.78, 5) is 15.0. The van der Waals surface area contributed by atoms with Crippen molar-refractivity contribution in [3.05, 3.63) is 46.8 Å². The van der Waals surface area contributed by atoms with Crippen LogP contribution in [0.2, 0.25) is 0 Å². The van der Waals surface area contributed by atoms with Crippen LogP contribution in [0.5, 0.6) is 0 Å². The van der Waals surface area contributed by atoms with Crippen molar-refractivity contribution >= 4 is 11.6 Å². The van der Waals surface area contributed by atoms with Crippen molar-refractivity contribution in [3.63, 3.8) is 0 Å². The van der Waals surface area contributed by atoms with Crippen molar-refractivity contribution in [1.82, 2.24) is 14.7 Å². The van der Waals surface area contributed by atoms with Crippen molar-refractivity contribution < 1.29 is 4.79 Å². The number of hydrogen-bond acceptors (Lipinski definition) is 3. The van der Waals surface area contributed by atoms with E-state index in [-0.39, 0.29) is 12.5 Å². The number of carbonyl (C=O) groups is 1. The Morgan fingerprint density at radius 1 is 1.32 bits per heavy atom. The fourth-order valence-electron chi connectivity index (χ4n) is 3.64. The average Bonchev–Trinajstić information content (AvgIpc) is 3.12. The van der Waals surface area contributed by atoms with E-state index in [9.17, 15) is 4.79 Å². The Morgan fingerprint density at radius 2 is 2.12 bits per heavy atom. The number of fused-ring (bicyclic) bond motifs is 1. The van der Waals surface area contributed by atoms with Crippen molar-refractivity contribution in [1.29, 1.82) is 0 Å². The van der Waals surface area contributed by atoms with Crippen molar-refractivity contribution in [3.8, 4) is 0 Å². The molecule has 5 nitrogen and oxygen atoms in total. The lowest BCUT2D eigenvalue weighted by Crippen LogP contribution is -2.27. The molecule has 134 valence electrons. The lowest BCUT2D eigenvalue weighted by molar-refractivity contribution is -0.116. The van der Waals surface area contributed by atoms with E-state index in [1.807, 2.05) is 32.0 Å². The zero-order chi connectivity index (χ0) is 18.0. The highest BCUT2D eigenvalue weighted by molar-refractivity contribution is 5.91. The van der Waals surface area contributed by atoms with Gasteiger partial charge in [0.15, 0.2) is 0 Å². The Labute approximate surface area is 150 Å². The number of rotatable bonds is 6. The quantitative estimate of drug-likeness (QED) is 0.873. The first-order valence-electron chi connectivity index (χ1n) is 9.13. The van der Waals surface area contributed by atoms with Crippen LogP contribution in [0.15, 0.2) is 24.3 Å². The second-order valence-electron chi connectivity index (χ2n) is 7.12. The van der Waals surface area contributed by atoms with Crippen LogP contribution < -0.4 is 5.32 Å². The molecule has 0 spiro atoms. The van der Waals surface area contributed by atoms with Gasteiger partial charge in [-0.2, -0.15) is 5.10 Å². The Morgan fingerprint density at radius 3 is 2.80 bits per heavy atom. The molecule has 1 aromatic heterocycles. The number of benzene rings is 1. The molecule has 0 fully saturated rings. The summed E-state index contributed by atoms with van der Waals surface area (Å²) >= 11 is 0. The van der Waals surface area contributed by atoms with Gasteiger partial charge in [0.2, 0.25) is 5.91 Å².